The Morgan fingerprint density at radius 1 is 1.26 bits per heavy atom. The van der Waals surface area contributed by atoms with E-state index in [4.69, 9.17) is 9.47 Å². The van der Waals surface area contributed by atoms with E-state index in [1.807, 2.05) is 30.4 Å². The van der Waals surface area contributed by atoms with Gasteiger partial charge in [-0.15, -0.1) is 0 Å². The summed E-state index contributed by atoms with van der Waals surface area (Å²) in [7, 11) is 3.23. The summed E-state index contributed by atoms with van der Waals surface area (Å²) >= 11 is 2.17. The zero-order chi connectivity index (χ0) is 13.9. The minimum absolute atomic E-state index is 0.00606. The van der Waals surface area contributed by atoms with Crippen molar-refractivity contribution in [1.29, 1.82) is 0 Å². The van der Waals surface area contributed by atoms with Gasteiger partial charge in [0.2, 0.25) is 0 Å². The number of hydrogen-bond acceptors (Lipinski definition) is 3. The Hall–Kier alpha value is -0.980. The molecule has 2 atom stereocenters. The zero-order valence-corrected chi connectivity index (χ0v) is 13.0. The van der Waals surface area contributed by atoms with E-state index in [1.54, 1.807) is 32.4 Å². The molecule has 1 aromatic rings. The molecule has 19 heavy (non-hydrogen) atoms. The van der Waals surface area contributed by atoms with Crippen LogP contribution in [0.3, 0.4) is 0 Å². The van der Waals surface area contributed by atoms with Gasteiger partial charge in [-0.3, -0.25) is 4.79 Å². The highest BCUT2D eigenvalue weighted by atomic mass is 127. The lowest BCUT2D eigenvalue weighted by Gasteiger charge is -2.31. The van der Waals surface area contributed by atoms with Gasteiger partial charge in [0.1, 0.15) is 6.10 Å². The summed E-state index contributed by atoms with van der Waals surface area (Å²) in [6.07, 6.45) is 5.18. The van der Waals surface area contributed by atoms with E-state index in [1.165, 1.54) is 0 Å². The smallest absolute Gasteiger partial charge is 0.192 e. The van der Waals surface area contributed by atoms with Crippen LogP contribution in [0.15, 0.2) is 54.1 Å². The second-order valence-electron chi connectivity index (χ2n) is 4.21. The number of halogens is 1. The third-order valence-corrected chi connectivity index (χ3v) is 4.49. The van der Waals surface area contributed by atoms with Crippen LogP contribution in [0.1, 0.15) is 10.4 Å². The summed E-state index contributed by atoms with van der Waals surface area (Å²) in [6.45, 7) is 0. The summed E-state index contributed by atoms with van der Waals surface area (Å²) in [5.74, 6) is -0.00606. The molecule has 4 heteroatoms. The molecule has 0 heterocycles. The predicted octanol–water partition coefficient (Wildman–Crippen LogP) is 3.16. The summed E-state index contributed by atoms with van der Waals surface area (Å²) in [6, 6.07) is 9.21. The van der Waals surface area contributed by atoms with Crippen molar-refractivity contribution in [3.8, 4) is 0 Å². The number of Topliss-reactive ketones (excluding diaryl/α,β-unsaturated/α-hetero) is 1. The van der Waals surface area contributed by atoms with Crippen LogP contribution in [0, 0.1) is 0 Å². The first-order chi connectivity index (χ1) is 9.10. The number of hydrogen-bond donors (Lipinski definition) is 0. The van der Waals surface area contributed by atoms with Crippen LogP contribution in [0.2, 0.25) is 0 Å². The minimum atomic E-state index is -0.563. The third-order valence-electron chi connectivity index (χ3n) is 3.07. The molecule has 0 fully saturated rings. The second-order valence-corrected chi connectivity index (χ2v) is 5.89. The quantitative estimate of drug-likeness (QED) is 0.464. The molecule has 1 aromatic carbocycles. The number of carbonyl (C=O) groups excluding carboxylic acids is 1. The maximum Gasteiger partial charge on any atom is 0.192 e. The fourth-order valence-electron chi connectivity index (χ4n) is 1.95. The zero-order valence-electron chi connectivity index (χ0n) is 10.8. The molecule has 0 spiro atoms. The SMILES string of the molecule is COC1C=C(C(=O)c2ccccc2)C=CC1(I)OC. The molecular formula is C15H15IO3. The number of carbonyl (C=O) groups is 1. The van der Waals surface area contributed by atoms with Crippen LogP contribution in [0.25, 0.3) is 0 Å². The molecule has 0 bridgehead atoms. The highest BCUT2D eigenvalue weighted by Crippen LogP contribution is 2.33. The van der Waals surface area contributed by atoms with E-state index >= 15 is 0 Å². The van der Waals surface area contributed by atoms with Gasteiger partial charge in [-0.25, -0.2) is 0 Å². The number of benzene rings is 1. The molecule has 2 rings (SSSR count). The third kappa shape index (κ3) is 2.96. The van der Waals surface area contributed by atoms with Gasteiger partial charge in [0.05, 0.1) is 0 Å². The molecule has 100 valence electrons. The number of methoxy groups -OCH3 is 2. The molecule has 0 saturated heterocycles. The van der Waals surface area contributed by atoms with Crippen molar-refractivity contribution in [2.24, 2.45) is 0 Å². The lowest BCUT2D eigenvalue weighted by molar-refractivity contribution is 0.00256. The van der Waals surface area contributed by atoms with Crippen molar-refractivity contribution in [1.82, 2.24) is 0 Å². The molecule has 1 aliphatic rings. The average molecular weight is 370 g/mol. The average Bonchev–Trinajstić information content (AvgIpc) is 2.48. The van der Waals surface area contributed by atoms with Gasteiger partial charge >= 0.3 is 0 Å². The highest BCUT2D eigenvalue weighted by molar-refractivity contribution is 14.1. The van der Waals surface area contributed by atoms with E-state index in [9.17, 15) is 4.79 Å². The van der Waals surface area contributed by atoms with E-state index in [2.05, 4.69) is 22.6 Å². The van der Waals surface area contributed by atoms with Crippen molar-refractivity contribution in [2.45, 2.75) is 9.71 Å². The fraction of sp³-hybridized carbons (Fsp3) is 0.267. The van der Waals surface area contributed by atoms with Gasteiger partial charge < -0.3 is 9.47 Å². The topological polar surface area (TPSA) is 35.5 Å². The van der Waals surface area contributed by atoms with Crippen LogP contribution >= 0.6 is 22.6 Å². The van der Waals surface area contributed by atoms with Gasteiger partial charge in [-0.1, -0.05) is 36.4 Å². The Bertz CT molecular complexity index is 521. The maximum absolute atomic E-state index is 12.3. The molecule has 0 radical (unpaired) electrons. The lowest BCUT2D eigenvalue weighted by Crippen LogP contribution is -2.38. The Kier molecular flexibility index (Phi) is 4.54. The van der Waals surface area contributed by atoms with Crippen molar-refractivity contribution >= 4 is 28.4 Å². The Morgan fingerprint density at radius 3 is 2.53 bits per heavy atom. The predicted molar refractivity (Wildman–Crippen MR) is 82.6 cm³/mol. The number of ether oxygens (including phenoxy) is 2. The molecule has 0 N–H and O–H groups in total. The van der Waals surface area contributed by atoms with Gasteiger partial charge in [0.15, 0.2) is 9.39 Å². The number of rotatable bonds is 4. The first kappa shape index (κ1) is 14.4. The van der Waals surface area contributed by atoms with Crippen molar-refractivity contribution in [3.05, 3.63) is 59.7 Å². The van der Waals surface area contributed by atoms with Gasteiger partial charge in [-0.05, 0) is 34.7 Å². The van der Waals surface area contributed by atoms with E-state index < -0.39 is 3.61 Å². The van der Waals surface area contributed by atoms with Gasteiger partial charge in [-0.2, -0.15) is 0 Å². The Morgan fingerprint density at radius 2 is 1.95 bits per heavy atom. The molecule has 0 aliphatic heterocycles. The van der Waals surface area contributed by atoms with Crippen molar-refractivity contribution < 1.29 is 14.3 Å². The number of allylic oxidation sites excluding steroid dienone is 2. The van der Waals surface area contributed by atoms with Gasteiger partial charge in [0.25, 0.3) is 0 Å². The van der Waals surface area contributed by atoms with Gasteiger partial charge in [0, 0.05) is 25.4 Å². The first-order valence-corrected chi connectivity index (χ1v) is 6.96. The number of alkyl halides is 1. The molecule has 0 amide bonds. The summed E-state index contributed by atoms with van der Waals surface area (Å²) in [5, 5.41) is 0. The van der Waals surface area contributed by atoms with Crippen LogP contribution in [-0.4, -0.2) is 29.7 Å². The summed E-state index contributed by atoms with van der Waals surface area (Å²) in [4.78, 5) is 12.3. The molecular weight excluding hydrogens is 355 g/mol. The van der Waals surface area contributed by atoms with E-state index in [0.29, 0.717) is 11.1 Å². The fourth-order valence-corrected chi connectivity index (χ4v) is 2.56. The largest absolute Gasteiger partial charge is 0.373 e. The minimum Gasteiger partial charge on any atom is -0.373 e. The lowest BCUT2D eigenvalue weighted by atomic mass is 9.95. The van der Waals surface area contributed by atoms with E-state index in [-0.39, 0.29) is 11.9 Å². The molecule has 0 aromatic heterocycles. The summed E-state index contributed by atoms with van der Waals surface area (Å²) in [5.41, 5.74) is 1.30. The van der Waals surface area contributed by atoms with Crippen LogP contribution in [0.5, 0.6) is 0 Å². The first-order valence-electron chi connectivity index (χ1n) is 5.88. The monoisotopic (exact) mass is 370 g/mol. The summed E-state index contributed by atoms with van der Waals surface area (Å²) < 4.78 is 10.3. The highest BCUT2D eigenvalue weighted by Gasteiger charge is 2.36. The molecule has 2 unspecified atom stereocenters. The Labute approximate surface area is 126 Å². The maximum atomic E-state index is 12.3. The standard InChI is InChI=1S/C15H15IO3/c1-18-13-10-12(8-9-15(13,16)19-2)14(17)11-6-4-3-5-7-11/h3-10,13H,1-2H3. The van der Waals surface area contributed by atoms with Crippen LogP contribution in [0.4, 0.5) is 0 Å². The van der Waals surface area contributed by atoms with E-state index in [0.717, 1.165) is 0 Å². The molecule has 3 nitrogen and oxygen atoms in total. The van der Waals surface area contributed by atoms with Crippen LogP contribution < -0.4 is 0 Å². The normalized spacial score (nSPS) is 26.1. The second kappa shape index (κ2) is 5.98. The molecule has 1 aliphatic carbocycles. The van der Waals surface area contributed by atoms with Crippen LogP contribution in [-0.2, 0) is 9.47 Å². The Balaban J connectivity index is 2.28. The van der Waals surface area contributed by atoms with Crippen molar-refractivity contribution in [3.63, 3.8) is 0 Å². The molecule has 0 saturated carbocycles. The van der Waals surface area contributed by atoms with Crippen molar-refractivity contribution in [2.75, 3.05) is 14.2 Å². The number of ketones is 1.